The van der Waals surface area contributed by atoms with Crippen LogP contribution in [0.15, 0.2) is 103 Å². The Labute approximate surface area is 275 Å². The molecular formula is C40H37ClN2O3. The van der Waals surface area contributed by atoms with Crippen molar-refractivity contribution >= 4 is 40.3 Å². The van der Waals surface area contributed by atoms with Crippen LogP contribution in [0.25, 0.3) is 0 Å². The Morgan fingerprint density at radius 3 is 2.28 bits per heavy atom. The quantitative estimate of drug-likeness (QED) is 0.130. The average molecular weight is 629 g/mol. The highest BCUT2D eigenvalue weighted by molar-refractivity contribution is 6.30. The van der Waals surface area contributed by atoms with E-state index in [4.69, 9.17) is 21.1 Å². The number of benzene rings is 5. The highest BCUT2D eigenvalue weighted by atomic mass is 35.5. The summed E-state index contributed by atoms with van der Waals surface area (Å²) in [6, 6.07) is 34.3. The lowest BCUT2D eigenvalue weighted by Crippen LogP contribution is -2.33. The average Bonchev–Trinajstić information content (AvgIpc) is 3.36. The van der Waals surface area contributed by atoms with Gasteiger partial charge in [-0.05, 0) is 92.6 Å². The van der Waals surface area contributed by atoms with Crippen LogP contribution in [0.4, 0.5) is 22.7 Å². The molecule has 1 N–H and O–H groups in total. The molecule has 0 fully saturated rings. The van der Waals surface area contributed by atoms with Crippen LogP contribution >= 0.6 is 11.6 Å². The molecule has 5 aromatic rings. The standard InChI is InChI=1S/C40H37ClN2O3/c1-4-5-6-9-22-43(30-18-12-26(2)13-19-30)31-20-21-34-38(24-31)45-37-23-27(3)36(42-29-16-14-28(41)15-17-29)25-35(37)40(34)33-11-8-7-10-32(33)39(44)46-40/h7-8,10-21,23-25,42H,4-6,9,22H2,1-3H3. The van der Waals surface area contributed by atoms with Gasteiger partial charge in [0.15, 0.2) is 5.60 Å². The first-order valence-electron chi connectivity index (χ1n) is 16.0. The number of fused-ring (bicyclic) bond motifs is 6. The summed E-state index contributed by atoms with van der Waals surface area (Å²) in [4.78, 5) is 15.9. The molecule has 0 saturated heterocycles. The van der Waals surface area contributed by atoms with Crippen LogP contribution in [0.1, 0.15) is 70.8 Å². The monoisotopic (exact) mass is 628 g/mol. The van der Waals surface area contributed by atoms with Crippen LogP contribution in [0.3, 0.4) is 0 Å². The summed E-state index contributed by atoms with van der Waals surface area (Å²) in [5.74, 6) is 1.000. The minimum atomic E-state index is -1.16. The first-order valence-corrected chi connectivity index (χ1v) is 16.4. The fourth-order valence-corrected chi connectivity index (χ4v) is 6.75. The smallest absolute Gasteiger partial charge is 0.340 e. The van der Waals surface area contributed by atoms with Gasteiger partial charge in [0.1, 0.15) is 11.5 Å². The maximum absolute atomic E-state index is 13.5. The van der Waals surface area contributed by atoms with Gasteiger partial charge in [-0.2, -0.15) is 0 Å². The van der Waals surface area contributed by atoms with Gasteiger partial charge in [-0.15, -0.1) is 0 Å². The summed E-state index contributed by atoms with van der Waals surface area (Å²) in [5.41, 5.74) is 8.00. The zero-order chi connectivity index (χ0) is 31.8. The number of ether oxygens (including phenoxy) is 2. The van der Waals surface area contributed by atoms with Gasteiger partial charge in [-0.25, -0.2) is 4.79 Å². The molecule has 5 aromatic carbocycles. The molecule has 7 rings (SSSR count). The fourth-order valence-electron chi connectivity index (χ4n) is 6.63. The molecule has 0 radical (unpaired) electrons. The van der Waals surface area contributed by atoms with Crippen molar-refractivity contribution in [2.24, 2.45) is 0 Å². The van der Waals surface area contributed by atoms with E-state index in [0.29, 0.717) is 22.1 Å². The van der Waals surface area contributed by atoms with Gasteiger partial charge in [0, 0.05) is 57.1 Å². The molecule has 2 aliphatic rings. The van der Waals surface area contributed by atoms with Crippen LogP contribution in [-0.4, -0.2) is 12.5 Å². The summed E-state index contributed by atoms with van der Waals surface area (Å²) in [5, 5.41) is 4.20. The van der Waals surface area contributed by atoms with E-state index < -0.39 is 5.60 Å². The number of halogens is 1. The lowest BCUT2D eigenvalue weighted by Gasteiger charge is -2.38. The highest BCUT2D eigenvalue weighted by Crippen LogP contribution is 2.57. The second-order valence-electron chi connectivity index (χ2n) is 12.2. The van der Waals surface area contributed by atoms with Crippen molar-refractivity contribution in [3.63, 3.8) is 0 Å². The van der Waals surface area contributed by atoms with Crippen molar-refractivity contribution < 1.29 is 14.3 Å². The van der Waals surface area contributed by atoms with Crippen LogP contribution < -0.4 is 15.0 Å². The minimum Gasteiger partial charge on any atom is -0.456 e. The Hall–Kier alpha value is -4.74. The van der Waals surface area contributed by atoms with E-state index in [1.165, 1.54) is 24.8 Å². The number of hydrogen-bond acceptors (Lipinski definition) is 5. The van der Waals surface area contributed by atoms with Crippen LogP contribution in [0.2, 0.25) is 5.02 Å². The van der Waals surface area contributed by atoms with E-state index >= 15 is 0 Å². The Morgan fingerprint density at radius 2 is 1.50 bits per heavy atom. The van der Waals surface area contributed by atoms with Crippen LogP contribution in [0, 0.1) is 13.8 Å². The number of aryl methyl sites for hydroxylation is 2. The molecule has 5 nitrogen and oxygen atoms in total. The van der Waals surface area contributed by atoms with Crippen molar-refractivity contribution in [1.29, 1.82) is 0 Å². The maximum Gasteiger partial charge on any atom is 0.340 e. The Bertz CT molecular complexity index is 1920. The third-order valence-electron chi connectivity index (χ3n) is 9.06. The summed E-state index contributed by atoms with van der Waals surface area (Å²) >= 11 is 6.15. The Morgan fingerprint density at radius 1 is 0.761 bits per heavy atom. The third kappa shape index (κ3) is 5.29. The zero-order valence-corrected chi connectivity index (χ0v) is 27.2. The summed E-state index contributed by atoms with van der Waals surface area (Å²) in [6.45, 7) is 7.28. The molecule has 1 unspecified atom stereocenters. The van der Waals surface area contributed by atoms with Crippen molar-refractivity contribution in [3.05, 3.63) is 142 Å². The molecule has 232 valence electrons. The molecule has 0 aliphatic carbocycles. The molecule has 1 atom stereocenters. The number of carbonyl (C=O) groups excluding carboxylic acids is 1. The van der Waals surface area contributed by atoms with Crippen molar-refractivity contribution in [1.82, 2.24) is 0 Å². The molecule has 2 heterocycles. The van der Waals surface area contributed by atoms with E-state index in [-0.39, 0.29) is 5.97 Å². The second-order valence-corrected chi connectivity index (χ2v) is 12.7. The predicted molar refractivity (Wildman–Crippen MR) is 186 cm³/mol. The first-order chi connectivity index (χ1) is 22.4. The third-order valence-corrected chi connectivity index (χ3v) is 9.31. The Balaban J connectivity index is 1.36. The molecule has 0 amide bonds. The van der Waals surface area contributed by atoms with Crippen molar-refractivity contribution in [2.45, 2.75) is 52.1 Å². The van der Waals surface area contributed by atoms with Gasteiger partial charge in [-0.1, -0.05) is 73.7 Å². The molecule has 46 heavy (non-hydrogen) atoms. The molecule has 2 aliphatic heterocycles. The predicted octanol–water partition coefficient (Wildman–Crippen LogP) is 11.0. The second kappa shape index (κ2) is 12.2. The zero-order valence-electron chi connectivity index (χ0n) is 26.4. The number of esters is 1. The van der Waals surface area contributed by atoms with E-state index in [0.717, 1.165) is 58.0 Å². The van der Waals surface area contributed by atoms with Crippen LogP contribution in [0.5, 0.6) is 11.5 Å². The lowest BCUT2D eigenvalue weighted by molar-refractivity contribution is 0.0224. The van der Waals surface area contributed by atoms with E-state index in [1.54, 1.807) is 0 Å². The van der Waals surface area contributed by atoms with Crippen molar-refractivity contribution in [2.75, 3.05) is 16.8 Å². The molecule has 6 heteroatoms. The normalized spacial score (nSPS) is 15.9. The van der Waals surface area contributed by atoms with Crippen molar-refractivity contribution in [3.8, 4) is 11.5 Å². The maximum atomic E-state index is 13.5. The number of hydrogen-bond donors (Lipinski definition) is 1. The van der Waals surface area contributed by atoms with E-state index in [1.807, 2.05) is 61.5 Å². The number of nitrogens with zero attached hydrogens (tertiary/aromatic N) is 1. The number of anilines is 4. The van der Waals surface area contributed by atoms with Gasteiger partial charge >= 0.3 is 5.97 Å². The molecule has 0 saturated carbocycles. The topological polar surface area (TPSA) is 50.8 Å². The summed E-state index contributed by atoms with van der Waals surface area (Å²) < 4.78 is 13.2. The largest absolute Gasteiger partial charge is 0.456 e. The number of unbranched alkanes of at least 4 members (excludes halogenated alkanes) is 3. The summed E-state index contributed by atoms with van der Waals surface area (Å²) in [7, 11) is 0. The fraction of sp³-hybridized carbons (Fsp3) is 0.225. The molecule has 0 bridgehead atoms. The number of rotatable bonds is 9. The minimum absolute atomic E-state index is 0.344. The lowest BCUT2D eigenvalue weighted by atomic mass is 9.77. The van der Waals surface area contributed by atoms with Gasteiger partial charge in [-0.3, -0.25) is 0 Å². The SMILES string of the molecule is CCCCCCN(c1ccc(C)cc1)c1ccc2c(c1)Oc1cc(C)c(Nc3ccc(Cl)cc3)cc1C21OC(=O)c2ccccc21. The first kappa shape index (κ1) is 29.9. The van der Waals surface area contributed by atoms with Crippen LogP contribution in [-0.2, 0) is 10.3 Å². The molecular weight excluding hydrogens is 592 g/mol. The molecule has 1 spiro atoms. The van der Waals surface area contributed by atoms with Gasteiger partial charge in [0.25, 0.3) is 0 Å². The number of carbonyl (C=O) groups is 1. The van der Waals surface area contributed by atoms with E-state index in [9.17, 15) is 4.79 Å². The summed E-state index contributed by atoms with van der Waals surface area (Å²) in [6.07, 6.45) is 4.66. The van der Waals surface area contributed by atoms with Gasteiger partial charge < -0.3 is 19.7 Å². The van der Waals surface area contributed by atoms with Gasteiger partial charge in [0.05, 0.1) is 5.56 Å². The Kier molecular flexibility index (Phi) is 7.95. The molecule has 0 aromatic heterocycles. The number of nitrogens with one attached hydrogen (secondary N) is 1. The van der Waals surface area contributed by atoms with E-state index in [2.05, 4.69) is 72.6 Å². The highest BCUT2D eigenvalue weighted by Gasteiger charge is 2.53. The van der Waals surface area contributed by atoms with Gasteiger partial charge in [0.2, 0.25) is 0 Å².